The van der Waals surface area contributed by atoms with Crippen LogP contribution in [0.2, 0.25) is 0 Å². The van der Waals surface area contributed by atoms with Crippen LogP contribution in [0.3, 0.4) is 0 Å². The third-order valence-corrected chi connectivity index (χ3v) is 4.26. The quantitative estimate of drug-likeness (QED) is 0.861. The molecule has 1 aliphatic carbocycles. The molecule has 0 spiro atoms. The van der Waals surface area contributed by atoms with E-state index in [9.17, 15) is 5.11 Å². The topological polar surface area (TPSA) is 50.1 Å². The molecular weight excluding hydrogens is 226 g/mol. The molecule has 2 unspecified atom stereocenters. The summed E-state index contributed by atoms with van der Waals surface area (Å²) in [6.07, 6.45) is 8.35. The molecule has 1 aromatic heterocycles. The van der Waals surface area contributed by atoms with E-state index in [0.717, 1.165) is 25.1 Å². The van der Waals surface area contributed by atoms with Crippen molar-refractivity contribution in [2.75, 3.05) is 13.7 Å². The predicted molar refractivity (Wildman–Crippen MR) is 72.7 cm³/mol. The lowest BCUT2D eigenvalue weighted by Gasteiger charge is -2.40. The monoisotopic (exact) mass is 251 g/mol. The highest BCUT2D eigenvalue weighted by Crippen LogP contribution is 2.36. The minimum Gasteiger partial charge on any atom is -0.394 e. The van der Waals surface area contributed by atoms with E-state index in [-0.39, 0.29) is 12.1 Å². The maximum atomic E-state index is 9.65. The fourth-order valence-electron chi connectivity index (χ4n) is 3.10. The molecule has 0 aromatic carbocycles. The summed E-state index contributed by atoms with van der Waals surface area (Å²) in [5, 5.41) is 13.0. The molecule has 1 saturated carbocycles. The second-order valence-corrected chi connectivity index (χ2v) is 5.79. The van der Waals surface area contributed by atoms with Crippen LogP contribution in [-0.2, 0) is 0 Å². The molecule has 1 heterocycles. The van der Waals surface area contributed by atoms with Crippen molar-refractivity contribution in [1.29, 1.82) is 0 Å². The smallest absolute Gasteiger partial charge is 0.111 e. The molecule has 0 amide bonds. The summed E-state index contributed by atoms with van der Waals surface area (Å²) in [6.45, 7) is 4.57. The Balaban J connectivity index is 2.20. The van der Waals surface area contributed by atoms with Gasteiger partial charge in [-0.15, -0.1) is 0 Å². The van der Waals surface area contributed by atoms with Gasteiger partial charge in [-0.2, -0.15) is 0 Å². The molecule has 0 radical (unpaired) electrons. The van der Waals surface area contributed by atoms with E-state index in [0.29, 0.717) is 12.0 Å². The Morgan fingerprint density at radius 2 is 2.39 bits per heavy atom. The van der Waals surface area contributed by atoms with Crippen LogP contribution in [0, 0.1) is 0 Å². The highest BCUT2D eigenvalue weighted by molar-refractivity contribution is 5.03. The number of imidazole rings is 1. The molecule has 4 heteroatoms. The van der Waals surface area contributed by atoms with Gasteiger partial charge in [-0.25, -0.2) is 4.98 Å². The Hall–Kier alpha value is -0.870. The van der Waals surface area contributed by atoms with E-state index in [4.69, 9.17) is 0 Å². The second kappa shape index (κ2) is 5.41. The van der Waals surface area contributed by atoms with Crippen LogP contribution in [0.15, 0.2) is 12.4 Å². The first kappa shape index (κ1) is 13.6. The van der Waals surface area contributed by atoms with E-state index >= 15 is 0 Å². The van der Waals surface area contributed by atoms with E-state index in [1.807, 2.05) is 13.2 Å². The zero-order valence-corrected chi connectivity index (χ0v) is 11.7. The van der Waals surface area contributed by atoms with Crippen molar-refractivity contribution in [3.05, 3.63) is 18.2 Å². The van der Waals surface area contributed by atoms with Crippen LogP contribution in [0.1, 0.15) is 57.3 Å². The number of likely N-dealkylation sites (N-methyl/N-ethyl adjacent to an activating group) is 1. The molecular formula is C14H25N3O. The molecule has 4 nitrogen and oxygen atoms in total. The molecule has 102 valence electrons. The Morgan fingerprint density at radius 1 is 1.61 bits per heavy atom. The molecule has 1 fully saturated rings. The summed E-state index contributed by atoms with van der Waals surface area (Å²) >= 11 is 0. The summed E-state index contributed by atoms with van der Waals surface area (Å²) < 4.78 is 2.31. The van der Waals surface area contributed by atoms with Crippen LogP contribution in [0.4, 0.5) is 0 Å². The largest absolute Gasteiger partial charge is 0.394 e. The molecule has 2 N–H and O–H groups in total. The van der Waals surface area contributed by atoms with E-state index < -0.39 is 0 Å². The molecule has 0 bridgehead atoms. The maximum Gasteiger partial charge on any atom is 0.111 e. The Morgan fingerprint density at radius 3 is 3.00 bits per heavy atom. The van der Waals surface area contributed by atoms with Crippen molar-refractivity contribution < 1.29 is 5.11 Å². The van der Waals surface area contributed by atoms with Crippen LogP contribution in [-0.4, -0.2) is 33.9 Å². The fraction of sp³-hybridized carbons (Fsp3) is 0.786. The van der Waals surface area contributed by atoms with Gasteiger partial charge in [0.1, 0.15) is 5.82 Å². The first-order valence-electron chi connectivity index (χ1n) is 6.94. The highest BCUT2D eigenvalue weighted by atomic mass is 16.3. The van der Waals surface area contributed by atoms with Crippen LogP contribution in [0.25, 0.3) is 0 Å². The van der Waals surface area contributed by atoms with Crippen LogP contribution < -0.4 is 5.32 Å². The lowest BCUT2D eigenvalue weighted by atomic mass is 9.79. The lowest BCUT2D eigenvalue weighted by Crippen LogP contribution is -2.50. The van der Waals surface area contributed by atoms with Crippen molar-refractivity contribution in [2.24, 2.45) is 0 Å². The van der Waals surface area contributed by atoms with Gasteiger partial charge in [-0.1, -0.05) is 13.8 Å². The standard InChI is InChI=1S/C14H25N3O/c1-11(2)13-16-7-8-17(13)12-5-4-6-14(9-12,10-18)15-3/h7-8,11-12,15,18H,4-6,9-10H2,1-3H3. The van der Waals surface area contributed by atoms with Gasteiger partial charge in [0.2, 0.25) is 0 Å². The van der Waals surface area contributed by atoms with Crippen molar-refractivity contribution in [1.82, 2.24) is 14.9 Å². The number of aliphatic hydroxyl groups is 1. The second-order valence-electron chi connectivity index (χ2n) is 5.79. The van der Waals surface area contributed by atoms with Gasteiger partial charge < -0.3 is 15.0 Å². The molecule has 1 aliphatic rings. The number of rotatable bonds is 4. The molecule has 2 rings (SSSR count). The van der Waals surface area contributed by atoms with Crippen molar-refractivity contribution >= 4 is 0 Å². The number of hydrogen-bond acceptors (Lipinski definition) is 3. The average Bonchev–Trinajstić information content (AvgIpc) is 2.88. The van der Waals surface area contributed by atoms with Gasteiger partial charge in [0.25, 0.3) is 0 Å². The Kier molecular flexibility index (Phi) is 4.07. The number of aliphatic hydroxyl groups excluding tert-OH is 1. The molecule has 0 aliphatic heterocycles. The van der Waals surface area contributed by atoms with E-state index in [1.54, 1.807) is 0 Å². The first-order valence-corrected chi connectivity index (χ1v) is 6.94. The number of aromatic nitrogens is 2. The number of hydrogen-bond donors (Lipinski definition) is 2. The maximum absolute atomic E-state index is 9.65. The Bertz CT molecular complexity index is 382. The third-order valence-electron chi connectivity index (χ3n) is 4.26. The van der Waals surface area contributed by atoms with Gasteiger partial charge in [-0.3, -0.25) is 0 Å². The first-order chi connectivity index (χ1) is 8.62. The number of nitrogens with zero attached hydrogens (tertiary/aromatic N) is 2. The SMILES string of the molecule is CNC1(CO)CCCC(n2ccnc2C(C)C)C1. The molecule has 18 heavy (non-hydrogen) atoms. The number of nitrogens with one attached hydrogen (secondary N) is 1. The molecule has 2 atom stereocenters. The van der Waals surface area contributed by atoms with Crippen molar-refractivity contribution in [2.45, 2.75) is 57.0 Å². The normalized spacial score (nSPS) is 28.8. The fourth-order valence-corrected chi connectivity index (χ4v) is 3.10. The summed E-state index contributed by atoms with van der Waals surface area (Å²) in [4.78, 5) is 4.47. The van der Waals surface area contributed by atoms with Crippen LogP contribution >= 0.6 is 0 Å². The average molecular weight is 251 g/mol. The minimum atomic E-state index is -0.110. The summed E-state index contributed by atoms with van der Waals surface area (Å²) in [7, 11) is 1.95. The molecule has 1 aromatic rings. The van der Waals surface area contributed by atoms with E-state index in [1.165, 1.54) is 6.42 Å². The van der Waals surface area contributed by atoms with Gasteiger partial charge in [0.05, 0.1) is 6.61 Å². The van der Waals surface area contributed by atoms with Crippen LogP contribution in [0.5, 0.6) is 0 Å². The van der Waals surface area contributed by atoms with Gasteiger partial charge in [0.15, 0.2) is 0 Å². The minimum absolute atomic E-state index is 0.110. The Labute approximate surface area is 109 Å². The zero-order chi connectivity index (χ0) is 13.2. The van der Waals surface area contributed by atoms with Gasteiger partial charge in [-0.05, 0) is 32.7 Å². The van der Waals surface area contributed by atoms with Gasteiger partial charge in [0, 0.05) is 29.9 Å². The van der Waals surface area contributed by atoms with Crippen molar-refractivity contribution in [3.8, 4) is 0 Å². The highest BCUT2D eigenvalue weighted by Gasteiger charge is 2.35. The van der Waals surface area contributed by atoms with Gasteiger partial charge >= 0.3 is 0 Å². The third kappa shape index (κ3) is 2.45. The lowest BCUT2D eigenvalue weighted by molar-refractivity contribution is 0.104. The summed E-state index contributed by atoms with van der Waals surface area (Å²) in [5.41, 5.74) is -0.110. The van der Waals surface area contributed by atoms with Crippen molar-refractivity contribution in [3.63, 3.8) is 0 Å². The summed E-state index contributed by atoms with van der Waals surface area (Å²) in [6, 6.07) is 0.457. The molecule has 0 saturated heterocycles. The van der Waals surface area contributed by atoms with E-state index in [2.05, 4.69) is 34.9 Å². The summed E-state index contributed by atoms with van der Waals surface area (Å²) in [5.74, 6) is 1.60. The predicted octanol–water partition coefficient (Wildman–Crippen LogP) is 2.07. The zero-order valence-electron chi connectivity index (χ0n) is 11.7.